The first-order chi connectivity index (χ1) is 7.13. The molecule has 0 aromatic heterocycles. The number of aliphatic hydroxyl groups is 1. The van der Waals surface area contributed by atoms with Crippen molar-refractivity contribution in [1.82, 2.24) is 5.32 Å². The molecule has 1 aliphatic rings. The van der Waals surface area contributed by atoms with E-state index in [1.807, 2.05) is 12.1 Å². The molecule has 2 N–H and O–H groups in total. The summed E-state index contributed by atoms with van der Waals surface area (Å²) in [7, 11) is 0. The van der Waals surface area contributed by atoms with E-state index in [4.69, 9.17) is 0 Å². The molecule has 0 spiro atoms. The normalized spacial score (nSPS) is 26.1. The lowest BCUT2D eigenvalue weighted by atomic mass is 9.86. The van der Waals surface area contributed by atoms with Gasteiger partial charge < -0.3 is 10.4 Å². The van der Waals surface area contributed by atoms with Crippen molar-refractivity contribution in [3.8, 4) is 0 Å². The summed E-state index contributed by atoms with van der Waals surface area (Å²) in [6, 6.07) is 7.20. The predicted octanol–water partition coefficient (Wildman–Crippen LogP) is 1.55. The highest BCUT2D eigenvalue weighted by molar-refractivity contribution is 9.10. The Labute approximate surface area is 96.6 Å². The van der Waals surface area contributed by atoms with Crippen molar-refractivity contribution in [2.45, 2.75) is 18.4 Å². The van der Waals surface area contributed by atoms with Crippen molar-refractivity contribution in [1.29, 1.82) is 0 Å². The maximum absolute atomic E-state index is 11.6. The first-order valence-electron chi connectivity index (χ1n) is 4.90. The smallest absolute Gasteiger partial charge is 0.256 e. The Balaban J connectivity index is 2.35. The fraction of sp³-hybridized carbons (Fsp3) is 0.364. The average Bonchev–Trinajstić information content (AvgIpc) is 2.23. The summed E-state index contributed by atoms with van der Waals surface area (Å²) < 4.78 is 0.936. The molecule has 1 unspecified atom stereocenters. The highest BCUT2D eigenvalue weighted by Gasteiger charge is 2.39. The van der Waals surface area contributed by atoms with Crippen LogP contribution in [0.3, 0.4) is 0 Å². The number of hydrogen-bond donors (Lipinski definition) is 2. The minimum atomic E-state index is -1.35. The summed E-state index contributed by atoms with van der Waals surface area (Å²) >= 11 is 3.32. The molecular weight excluding hydrogens is 258 g/mol. The van der Waals surface area contributed by atoms with Gasteiger partial charge in [-0.05, 0) is 30.5 Å². The SMILES string of the molecule is O=C1NCCCC1(O)c1ccc(Br)cc1. The Kier molecular flexibility index (Phi) is 2.80. The van der Waals surface area contributed by atoms with Crippen LogP contribution in [0.5, 0.6) is 0 Å². The standard InChI is InChI=1S/C11H12BrNO2/c12-9-4-2-8(3-5-9)11(15)6-1-7-13-10(11)14/h2-5,15H,1,6-7H2,(H,13,14). The van der Waals surface area contributed by atoms with E-state index in [1.165, 1.54) is 0 Å². The number of carbonyl (C=O) groups excluding carboxylic acids is 1. The zero-order valence-corrected chi connectivity index (χ0v) is 9.75. The molecule has 0 radical (unpaired) electrons. The fourth-order valence-electron chi connectivity index (χ4n) is 1.81. The predicted molar refractivity (Wildman–Crippen MR) is 60.3 cm³/mol. The average molecular weight is 270 g/mol. The van der Waals surface area contributed by atoms with Crippen LogP contribution in [0.1, 0.15) is 18.4 Å². The van der Waals surface area contributed by atoms with Gasteiger partial charge in [0.2, 0.25) is 0 Å². The van der Waals surface area contributed by atoms with Crippen molar-refractivity contribution in [3.05, 3.63) is 34.3 Å². The van der Waals surface area contributed by atoms with E-state index in [0.29, 0.717) is 18.5 Å². The number of carbonyl (C=O) groups is 1. The Morgan fingerprint density at radius 2 is 2.00 bits per heavy atom. The minimum absolute atomic E-state index is 0.295. The molecule has 1 heterocycles. The molecule has 1 atom stereocenters. The number of piperidine rings is 1. The number of benzene rings is 1. The molecule has 1 aliphatic heterocycles. The highest BCUT2D eigenvalue weighted by Crippen LogP contribution is 2.29. The monoisotopic (exact) mass is 269 g/mol. The van der Waals surface area contributed by atoms with Gasteiger partial charge in [-0.25, -0.2) is 0 Å². The molecular formula is C11H12BrNO2. The van der Waals surface area contributed by atoms with Crippen LogP contribution in [-0.4, -0.2) is 17.6 Å². The molecule has 15 heavy (non-hydrogen) atoms. The molecule has 1 aromatic rings. The van der Waals surface area contributed by atoms with E-state index in [1.54, 1.807) is 12.1 Å². The van der Waals surface area contributed by atoms with Gasteiger partial charge in [-0.15, -0.1) is 0 Å². The van der Waals surface area contributed by atoms with Crippen LogP contribution in [0.25, 0.3) is 0 Å². The summed E-state index contributed by atoms with van der Waals surface area (Å²) in [6.45, 7) is 0.650. The maximum atomic E-state index is 11.6. The lowest BCUT2D eigenvalue weighted by molar-refractivity contribution is -0.144. The summed E-state index contributed by atoms with van der Waals surface area (Å²) in [6.07, 6.45) is 1.29. The molecule has 1 amide bonds. The minimum Gasteiger partial charge on any atom is -0.375 e. The number of nitrogens with one attached hydrogen (secondary N) is 1. The molecule has 0 aliphatic carbocycles. The first-order valence-corrected chi connectivity index (χ1v) is 5.69. The second kappa shape index (κ2) is 3.94. The maximum Gasteiger partial charge on any atom is 0.256 e. The van der Waals surface area contributed by atoms with Crippen molar-refractivity contribution >= 4 is 21.8 Å². The van der Waals surface area contributed by atoms with Crippen LogP contribution in [0.4, 0.5) is 0 Å². The zero-order chi connectivity index (χ0) is 10.9. The van der Waals surface area contributed by atoms with Crippen LogP contribution in [0.2, 0.25) is 0 Å². The van der Waals surface area contributed by atoms with Gasteiger partial charge in [0.15, 0.2) is 5.60 Å². The van der Waals surface area contributed by atoms with E-state index in [0.717, 1.165) is 10.9 Å². The van der Waals surface area contributed by atoms with Gasteiger partial charge in [0.1, 0.15) is 0 Å². The van der Waals surface area contributed by atoms with Gasteiger partial charge in [-0.3, -0.25) is 4.79 Å². The van der Waals surface area contributed by atoms with Crippen LogP contribution < -0.4 is 5.32 Å². The number of rotatable bonds is 1. The molecule has 80 valence electrons. The van der Waals surface area contributed by atoms with Crippen molar-refractivity contribution < 1.29 is 9.90 Å². The molecule has 3 nitrogen and oxygen atoms in total. The number of amides is 1. The van der Waals surface area contributed by atoms with E-state index >= 15 is 0 Å². The molecule has 4 heteroatoms. The summed E-state index contributed by atoms with van der Waals surface area (Å²) in [4.78, 5) is 11.6. The number of halogens is 1. The van der Waals surface area contributed by atoms with Gasteiger partial charge in [-0.1, -0.05) is 28.1 Å². The molecule has 0 bridgehead atoms. The third-order valence-corrected chi connectivity index (χ3v) is 3.23. The lowest BCUT2D eigenvalue weighted by Crippen LogP contribution is -2.48. The lowest BCUT2D eigenvalue weighted by Gasteiger charge is -2.31. The van der Waals surface area contributed by atoms with Gasteiger partial charge in [0.25, 0.3) is 5.91 Å². The Bertz CT molecular complexity index is 377. The van der Waals surface area contributed by atoms with Crippen LogP contribution >= 0.6 is 15.9 Å². The molecule has 2 rings (SSSR count). The third kappa shape index (κ3) is 1.92. The summed E-state index contributed by atoms with van der Waals surface area (Å²) in [5, 5.41) is 13.0. The van der Waals surface area contributed by atoms with Crippen LogP contribution in [0.15, 0.2) is 28.7 Å². The van der Waals surface area contributed by atoms with E-state index in [-0.39, 0.29) is 5.91 Å². The Morgan fingerprint density at radius 1 is 1.33 bits per heavy atom. The second-order valence-corrected chi connectivity index (χ2v) is 4.64. The third-order valence-electron chi connectivity index (χ3n) is 2.70. The van der Waals surface area contributed by atoms with Crippen LogP contribution in [0, 0.1) is 0 Å². The van der Waals surface area contributed by atoms with E-state index in [2.05, 4.69) is 21.2 Å². The van der Waals surface area contributed by atoms with Crippen molar-refractivity contribution in [2.75, 3.05) is 6.54 Å². The summed E-state index contributed by atoms with van der Waals surface area (Å²) in [5.74, 6) is -0.295. The van der Waals surface area contributed by atoms with Gasteiger partial charge in [0.05, 0.1) is 0 Å². The van der Waals surface area contributed by atoms with Crippen molar-refractivity contribution in [2.24, 2.45) is 0 Å². The first kappa shape index (κ1) is 10.6. The fourth-order valence-corrected chi connectivity index (χ4v) is 2.07. The van der Waals surface area contributed by atoms with E-state index < -0.39 is 5.60 Å². The van der Waals surface area contributed by atoms with Crippen molar-refractivity contribution in [3.63, 3.8) is 0 Å². The molecule has 1 fully saturated rings. The van der Waals surface area contributed by atoms with Gasteiger partial charge in [-0.2, -0.15) is 0 Å². The quantitative estimate of drug-likeness (QED) is 0.813. The van der Waals surface area contributed by atoms with Crippen LogP contribution in [-0.2, 0) is 10.4 Å². The second-order valence-electron chi connectivity index (χ2n) is 3.73. The molecule has 1 saturated heterocycles. The van der Waals surface area contributed by atoms with Gasteiger partial charge in [0, 0.05) is 11.0 Å². The Hall–Kier alpha value is -0.870. The highest BCUT2D eigenvalue weighted by atomic mass is 79.9. The van der Waals surface area contributed by atoms with E-state index in [9.17, 15) is 9.90 Å². The molecule has 0 saturated carbocycles. The topological polar surface area (TPSA) is 49.3 Å². The zero-order valence-electron chi connectivity index (χ0n) is 8.16. The summed E-state index contributed by atoms with van der Waals surface area (Å²) in [5.41, 5.74) is -0.693. The Morgan fingerprint density at radius 3 is 2.60 bits per heavy atom. The van der Waals surface area contributed by atoms with Gasteiger partial charge >= 0.3 is 0 Å². The number of hydrogen-bond acceptors (Lipinski definition) is 2. The largest absolute Gasteiger partial charge is 0.375 e. The molecule has 1 aromatic carbocycles.